The first-order valence-corrected chi connectivity index (χ1v) is 13.7. The Bertz CT molecular complexity index is 1560. The minimum atomic E-state index is -1.07. The van der Waals surface area contributed by atoms with Crippen LogP contribution in [0.5, 0.6) is 5.75 Å². The van der Waals surface area contributed by atoms with Crippen LogP contribution in [0.4, 0.5) is 13.9 Å². The lowest BCUT2D eigenvalue weighted by Crippen LogP contribution is -2.29. The number of carbonyl (C=O) groups is 2. The fraction of sp³-hybridized carbons (Fsp3) is 0.143. The van der Waals surface area contributed by atoms with Crippen molar-refractivity contribution in [3.63, 3.8) is 0 Å². The summed E-state index contributed by atoms with van der Waals surface area (Å²) in [4.78, 5) is 27.7. The summed E-state index contributed by atoms with van der Waals surface area (Å²) < 4.78 is 33.7. The largest absolute Gasteiger partial charge is 0.507 e. The number of nitrogens with zero attached hydrogens (tertiary/aromatic N) is 3. The van der Waals surface area contributed by atoms with Gasteiger partial charge in [0, 0.05) is 11.3 Å². The molecule has 1 aliphatic rings. The smallest absolute Gasteiger partial charge is 0.301 e. The molecule has 1 N–H and O–H groups in total. The summed E-state index contributed by atoms with van der Waals surface area (Å²) in [5.74, 6) is -2.16. The maximum absolute atomic E-state index is 14.0. The number of hydrogen-bond donors (Lipinski definition) is 1. The predicted molar refractivity (Wildman–Crippen MR) is 145 cm³/mol. The van der Waals surface area contributed by atoms with Crippen LogP contribution in [0.1, 0.15) is 29.7 Å². The monoisotopic (exact) mass is 565 g/mol. The minimum absolute atomic E-state index is 0.119. The standard InChI is InChI=1S/C28H21F2N3O4S2/c1-2-37-20-13-9-17(10-14-20)24(34)22-23(16-7-11-19(29)12-8-16)33(26(36)25(22)35)27-31-32-28(39-27)38-15-18-5-3-4-6-21(18)30/h3-14,23,34H,2,15H2,1H3/b24-22-. The van der Waals surface area contributed by atoms with E-state index in [2.05, 4.69) is 10.2 Å². The Morgan fingerprint density at radius 1 is 1.03 bits per heavy atom. The van der Waals surface area contributed by atoms with E-state index in [-0.39, 0.29) is 22.3 Å². The third-order valence-electron chi connectivity index (χ3n) is 5.98. The molecule has 7 nitrogen and oxygen atoms in total. The molecule has 3 aromatic carbocycles. The number of halogens is 2. The summed E-state index contributed by atoms with van der Waals surface area (Å²) in [5, 5.41) is 19.6. The van der Waals surface area contributed by atoms with Gasteiger partial charge in [0.05, 0.1) is 18.2 Å². The average molecular weight is 566 g/mol. The summed E-state index contributed by atoms with van der Waals surface area (Å²) in [6.45, 7) is 2.30. The zero-order chi connectivity index (χ0) is 27.5. The molecule has 5 rings (SSSR count). The van der Waals surface area contributed by atoms with Crippen LogP contribution >= 0.6 is 23.1 Å². The van der Waals surface area contributed by atoms with Crippen molar-refractivity contribution in [2.45, 2.75) is 23.1 Å². The van der Waals surface area contributed by atoms with Crippen LogP contribution in [0.2, 0.25) is 0 Å². The second-order valence-electron chi connectivity index (χ2n) is 8.41. The van der Waals surface area contributed by atoms with Crippen LogP contribution in [-0.4, -0.2) is 33.6 Å². The summed E-state index contributed by atoms with van der Waals surface area (Å²) in [6, 6.07) is 17.1. The summed E-state index contributed by atoms with van der Waals surface area (Å²) in [5.41, 5.74) is 1.04. The van der Waals surface area contributed by atoms with Crippen LogP contribution in [-0.2, 0) is 15.3 Å². The number of ketones is 1. The molecule has 1 unspecified atom stereocenters. The number of ether oxygens (including phenoxy) is 1. The zero-order valence-corrected chi connectivity index (χ0v) is 22.1. The number of amides is 1. The number of benzene rings is 3. The quantitative estimate of drug-likeness (QED) is 0.0903. The highest BCUT2D eigenvalue weighted by molar-refractivity contribution is 8.00. The lowest BCUT2D eigenvalue weighted by Gasteiger charge is -2.22. The van der Waals surface area contributed by atoms with Gasteiger partial charge in [-0.15, -0.1) is 10.2 Å². The maximum atomic E-state index is 14.0. The Labute approximate surface area is 230 Å². The summed E-state index contributed by atoms with van der Waals surface area (Å²) >= 11 is 2.29. The van der Waals surface area contributed by atoms with E-state index in [0.717, 1.165) is 16.2 Å². The molecule has 1 fully saturated rings. The molecule has 1 saturated heterocycles. The number of aliphatic hydroxyl groups excluding tert-OH is 1. The van der Waals surface area contributed by atoms with Crippen molar-refractivity contribution in [2.24, 2.45) is 0 Å². The Balaban J connectivity index is 1.52. The van der Waals surface area contributed by atoms with Crippen molar-refractivity contribution in [3.05, 3.63) is 107 Å². The highest BCUT2D eigenvalue weighted by atomic mass is 32.2. The zero-order valence-electron chi connectivity index (χ0n) is 20.5. The van der Waals surface area contributed by atoms with Gasteiger partial charge < -0.3 is 9.84 Å². The van der Waals surface area contributed by atoms with Gasteiger partial charge in [-0.1, -0.05) is 53.4 Å². The third kappa shape index (κ3) is 5.41. The van der Waals surface area contributed by atoms with Gasteiger partial charge in [0.15, 0.2) is 4.34 Å². The van der Waals surface area contributed by atoms with Crippen molar-refractivity contribution in [1.82, 2.24) is 10.2 Å². The number of Topliss-reactive ketones (excluding diaryl/α,β-unsaturated/α-hetero) is 1. The highest BCUT2D eigenvalue weighted by Gasteiger charge is 2.48. The van der Waals surface area contributed by atoms with E-state index in [9.17, 15) is 23.5 Å². The molecule has 0 spiro atoms. The normalized spacial score (nSPS) is 16.6. The second-order valence-corrected chi connectivity index (χ2v) is 10.6. The number of anilines is 1. The summed E-state index contributed by atoms with van der Waals surface area (Å²) in [7, 11) is 0. The molecule has 0 saturated carbocycles. The van der Waals surface area contributed by atoms with E-state index in [1.807, 2.05) is 6.92 Å². The van der Waals surface area contributed by atoms with E-state index in [0.29, 0.717) is 39.1 Å². The molecule has 1 aliphatic heterocycles. The number of aliphatic hydroxyl groups is 1. The molecule has 4 aromatic rings. The van der Waals surface area contributed by atoms with Crippen LogP contribution in [0.3, 0.4) is 0 Å². The van der Waals surface area contributed by atoms with Crippen molar-refractivity contribution < 1.29 is 28.2 Å². The van der Waals surface area contributed by atoms with Crippen molar-refractivity contribution in [1.29, 1.82) is 0 Å². The van der Waals surface area contributed by atoms with Crippen LogP contribution in [0, 0.1) is 11.6 Å². The van der Waals surface area contributed by atoms with E-state index in [4.69, 9.17) is 4.74 Å². The third-order valence-corrected chi connectivity index (χ3v) is 8.08. The molecule has 39 heavy (non-hydrogen) atoms. The number of thioether (sulfide) groups is 1. The Kier molecular flexibility index (Phi) is 7.71. The highest BCUT2D eigenvalue weighted by Crippen LogP contribution is 2.44. The van der Waals surface area contributed by atoms with Crippen molar-refractivity contribution in [2.75, 3.05) is 11.5 Å². The molecule has 0 aliphatic carbocycles. The summed E-state index contributed by atoms with van der Waals surface area (Å²) in [6.07, 6.45) is 0. The first-order valence-electron chi connectivity index (χ1n) is 11.9. The van der Waals surface area contributed by atoms with Gasteiger partial charge in [-0.3, -0.25) is 14.5 Å². The van der Waals surface area contributed by atoms with Gasteiger partial charge in [0.1, 0.15) is 23.1 Å². The molecule has 198 valence electrons. The molecule has 2 heterocycles. The fourth-order valence-corrected chi connectivity index (χ4v) is 5.99. The lowest BCUT2D eigenvalue weighted by molar-refractivity contribution is -0.132. The number of rotatable bonds is 8. The Morgan fingerprint density at radius 3 is 2.44 bits per heavy atom. The number of carbonyl (C=O) groups excluding carboxylic acids is 2. The Morgan fingerprint density at radius 2 is 1.74 bits per heavy atom. The topological polar surface area (TPSA) is 92.6 Å². The number of hydrogen-bond acceptors (Lipinski definition) is 8. The first-order chi connectivity index (χ1) is 18.9. The lowest BCUT2D eigenvalue weighted by atomic mass is 9.95. The predicted octanol–water partition coefficient (Wildman–Crippen LogP) is 6.13. The minimum Gasteiger partial charge on any atom is -0.507 e. The van der Waals surface area contributed by atoms with E-state index in [1.54, 1.807) is 42.5 Å². The molecule has 0 radical (unpaired) electrons. The van der Waals surface area contributed by atoms with E-state index >= 15 is 0 Å². The molecule has 1 aromatic heterocycles. The molecule has 1 atom stereocenters. The fourth-order valence-electron chi connectivity index (χ4n) is 4.13. The van der Waals surface area contributed by atoms with Gasteiger partial charge in [0.2, 0.25) is 5.13 Å². The van der Waals surface area contributed by atoms with Crippen LogP contribution in [0.25, 0.3) is 5.76 Å². The van der Waals surface area contributed by atoms with Gasteiger partial charge in [0.25, 0.3) is 5.78 Å². The van der Waals surface area contributed by atoms with Gasteiger partial charge in [-0.2, -0.15) is 0 Å². The van der Waals surface area contributed by atoms with Gasteiger partial charge in [-0.05, 0) is 60.5 Å². The maximum Gasteiger partial charge on any atom is 0.301 e. The average Bonchev–Trinajstić information content (AvgIpc) is 3.51. The van der Waals surface area contributed by atoms with Crippen LogP contribution in [0.15, 0.2) is 82.7 Å². The number of aromatic nitrogens is 2. The molecular formula is C28H21F2N3O4S2. The van der Waals surface area contributed by atoms with Crippen molar-refractivity contribution in [3.8, 4) is 5.75 Å². The molecular weight excluding hydrogens is 544 g/mol. The van der Waals surface area contributed by atoms with E-state index < -0.39 is 23.5 Å². The van der Waals surface area contributed by atoms with Crippen molar-refractivity contribution >= 4 is 45.7 Å². The molecule has 1 amide bonds. The Hall–Kier alpha value is -4.09. The van der Waals surface area contributed by atoms with Gasteiger partial charge >= 0.3 is 5.91 Å². The molecule has 11 heteroatoms. The first kappa shape index (κ1) is 26.5. The second kappa shape index (κ2) is 11.3. The SMILES string of the molecule is CCOc1ccc(/C(O)=C2/C(=O)C(=O)N(c3nnc(SCc4ccccc4F)s3)C2c2ccc(F)cc2)cc1. The van der Waals surface area contributed by atoms with Gasteiger partial charge in [-0.25, -0.2) is 8.78 Å². The van der Waals surface area contributed by atoms with E-state index in [1.165, 1.54) is 42.1 Å². The van der Waals surface area contributed by atoms with Crippen LogP contribution < -0.4 is 9.64 Å². The molecule has 0 bridgehead atoms.